The number of nitrogens with zero attached hydrogens (tertiary/aromatic N) is 1. The van der Waals surface area contributed by atoms with Crippen molar-refractivity contribution in [2.45, 2.75) is 19.4 Å². The third-order valence-electron chi connectivity index (χ3n) is 4.12. The van der Waals surface area contributed by atoms with Crippen molar-refractivity contribution in [1.29, 1.82) is 0 Å². The first-order valence-electron chi connectivity index (χ1n) is 8.24. The predicted octanol–water partition coefficient (Wildman–Crippen LogP) is 2.67. The van der Waals surface area contributed by atoms with Gasteiger partial charge in [0.2, 0.25) is 0 Å². The fourth-order valence-corrected chi connectivity index (χ4v) is 3.79. The number of carboxylic acid groups (broad SMARTS) is 1. The minimum atomic E-state index is -1.15. The number of nitrogens with two attached hydrogens (primary N) is 1. The van der Waals surface area contributed by atoms with E-state index in [1.807, 2.05) is 18.2 Å². The molecule has 0 bridgehead atoms. The zero-order valence-electron chi connectivity index (χ0n) is 14.2. The number of aryl methyl sites for hydroxylation is 1. The van der Waals surface area contributed by atoms with Crippen molar-refractivity contribution in [2.75, 3.05) is 6.54 Å². The second-order valence-electron chi connectivity index (χ2n) is 5.85. The van der Waals surface area contributed by atoms with E-state index >= 15 is 0 Å². The second-order valence-corrected chi connectivity index (χ2v) is 6.90. The molecule has 0 aliphatic rings. The smallest absolute Gasteiger partial charge is 0.322 e. The van der Waals surface area contributed by atoms with Crippen LogP contribution in [0.2, 0.25) is 0 Å². The first-order valence-corrected chi connectivity index (χ1v) is 9.06. The van der Waals surface area contributed by atoms with Crippen molar-refractivity contribution in [3.05, 3.63) is 53.0 Å². The Morgan fingerprint density at radius 2 is 2.04 bits per heavy atom. The Bertz CT molecular complexity index is 968. The van der Waals surface area contributed by atoms with Gasteiger partial charge in [-0.15, -0.1) is 11.3 Å². The van der Waals surface area contributed by atoms with Crippen LogP contribution in [0.15, 0.2) is 42.6 Å². The van der Waals surface area contributed by atoms with E-state index in [0.717, 1.165) is 27.8 Å². The third kappa shape index (κ3) is 3.58. The molecule has 2 heterocycles. The van der Waals surface area contributed by atoms with Crippen molar-refractivity contribution >= 4 is 33.4 Å². The number of carbonyl (C=O) groups excluding carboxylic acids is 1. The van der Waals surface area contributed by atoms with Crippen molar-refractivity contribution < 1.29 is 14.7 Å². The molecule has 2 aromatic heterocycles. The number of hydrogen-bond donors (Lipinski definition) is 3. The highest BCUT2D eigenvalue weighted by atomic mass is 32.1. The lowest BCUT2D eigenvalue weighted by Crippen LogP contribution is -2.42. The summed E-state index contributed by atoms with van der Waals surface area (Å²) in [6.45, 7) is 1.98. The van der Waals surface area contributed by atoms with Gasteiger partial charge in [0.15, 0.2) is 0 Å². The summed E-state index contributed by atoms with van der Waals surface area (Å²) < 4.78 is 0.932. The Labute approximate surface area is 154 Å². The number of aliphatic carboxylic acids is 1. The van der Waals surface area contributed by atoms with E-state index in [2.05, 4.69) is 29.4 Å². The molecule has 7 heteroatoms. The lowest BCUT2D eigenvalue weighted by molar-refractivity contribution is -0.138. The number of carbonyl (C=O) groups is 2. The van der Waals surface area contributed by atoms with Crippen LogP contribution >= 0.6 is 11.3 Å². The fourth-order valence-electron chi connectivity index (χ4n) is 2.73. The summed E-state index contributed by atoms with van der Waals surface area (Å²) in [7, 11) is 0. The second kappa shape index (κ2) is 7.63. The van der Waals surface area contributed by atoms with Crippen LogP contribution in [0, 0.1) is 0 Å². The molecule has 134 valence electrons. The molecule has 0 spiro atoms. The molecular formula is C19H19N3O3S. The van der Waals surface area contributed by atoms with Gasteiger partial charge in [-0.3, -0.25) is 14.6 Å². The number of benzene rings is 1. The maximum absolute atomic E-state index is 12.3. The minimum Gasteiger partial charge on any atom is -0.480 e. The molecule has 26 heavy (non-hydrogen) atoms. The molecular weight excluding hydrogens is 350 g/mol. The molecule has 6 nitrogen and oxygen atoms in total. The van der Waals surface area contributed by atoms with Crippen LogP contribution in [0.5, 0.6) is 0 Å². The van der Waals surface area contributed by atoms with Gasteiger partial charge in [-0.05, 0) is 29.7 Å². The molecule has 3 rings (SSSR count). The number of carboxylic acids is 1. The van der Waals surface area contributed by atoms with Crippen LogP contribution in [-0.4, -0.2) is 34.6 Å². The number of nitrogens with one attached hydrogen (secondary N) is 1. The number of pyridine rings is 1. The van der Waals surface area contributed by atoms with E-state index in [9.17, 15) is 9.59 Å². The van der Waals surface area contributed by atoms with Gasteiger partial charge in [0.05, 0.1) is 15.1 Å². The zero-order chi connectivity index (χ0) is 18.7. The fraction of sp³-hybridized carbons (Fsp3) is 0.211. The summed E-state index contributed by atoms with van der Waals surface area (Å²) in [5.74, 6) is -1.50. The Morgan fingerprint density at radius 1 is 1.27 bits per heavy atom. The first kappa shape index (κ1) is 18.0. The van der Waals surface area contributed by atoms with Gasteiger partial charge in [-0.1, -0.05) is 31.2 Å². The van der Waals surface area contributed by atoms with E-state index < -0.39 is 12.0 Å². The van der Waals surface area contributed by atoms with Gasteiger partial charge in [-0.25, -0.2) is 0 Å². The topological polar surface area (TPSA) is 105 Å². The summed E-state index contributed by atoms with van der Waals surface area (Å²) in [5, 5.41) is 11.4. The molecule has 0 unspecified atom stereocenters. The van der Waals surface area contributed by atoms with E-state index in [1.165, 1.54) is 16.9 Å². The van der Waals surface area contributed by atoms with Crippen LogP contribution in [0.3, 0.4) is 0 Å². The summed E-state index contributed by atoms with van der Waals surface area (Å²) in [5.41, 5.74) is 9.57. The molecule has 0 aliphatic carbocycles. The lowest BCUT2D eigenvalue weighted by atomic mass is 9.99. The summed E-state index contributed by atoms with van der Waals surface area (Å²) >= 11 is 1.34. The van der Waals surface area contributed by atoms with Crippen LogP contribution in [0.1, 0.15) is 22.2 Å². The number of rotatable bonds is 6. The Hall–Kier alpha value is -2.77. The number of aromatic nitrogens is 1. The Balaban J connectivity index is 1.95. The van der Waals surface area contributed by atoms with E-state index in [1.54, 1.807) is 12.3 Å². The molecule has 3 aromatic rings. The lowest BCUT2D eigenvalue weighted by Gasteiger charge is -2.08. The maximum Gasteiger partial charge on any atom is 0.322 e. The molecule has 0 radical (unpaired) electrons. The Kier molecular flexibility index (Phi) is 5.29. The average molecular weight is 369 g/mol. The van der Waals surface area contributed by atoms with Gasteiger partial charge >= 0.3 is 5.97 Å². The maximum atomic E-state index is 12.3. The molecule has 1 amide bonds. The van der Waals surface area contributed by atoms with Gasteiger partial charge in [0, 0.05) is 18.3 Å². The van der Waals surface area contributed by atoms with Crippen molar-refractivity contribution in [1.82, 2.24) is 10.3 Å². The SMILES string of the molecule is CCc1ccccc1-c1ccnc2cc(C(=O)NC[C@@H](N)C(=O)O)sc12. The number of fused-ring (bicyclic) bond motifs is 1. The molecule has 0 fully saturated rings. The number of hydrogen-bond acceptors (Lipinski definition) is 5. The van der Waals surface area contributed by atoms with E-state index in [-0.39, 0.29) is 12.5 Å². The van der Waals surface area contributed by atoms with Crippen molar-refractivity contribution in [3.63, 3.8) is 0 Å². The molecule has 0 saturated heterocycles. The zero-order valence-corrected chi connectivity index (χ0v) is 15.0. The minimum absolute atomic E-state index is 0.124. The van der Waals surface area contributed by atoms with Crippen LogP contribution in [0.4, 0.5) is 0 Å². The summed E-state index contributed by atoms with van der Waals surface area (Å²) in [6, 6.07) is 10.7. The highest BCUT2D eigenvalue weighted by Gasteiger charge is 2.17. The monoisotopic (exact) mass is 369 g/mol. The van der Waals surface area contributed by atoms with Crippen molar-refractivity contribution in [3.8, 4) is 11.1 Å². The van der Waals surface area contributed by atoms with Crippen LogP contribution in [-0.2, 0) is 11.2 Å². The number of amides is 1. The molecule has 0 aliphatic heterocycles. The van der Waals surface area contributed by atoms with E-state index in [0.29, 0.717) is 4.88 Å². The Morgan fingerprint density at radius 3 is 2.77 bits per heavy atom. The largest absolute Gasteiger partial charge is 0.480 e. The van der Waals surface area contributed by atoms with Crippen LogP contribution < -0.4 is 11.1 Å². The van der Waals surface area contributed by atoms with Crippen molar-refractivity contribution in [2.24, 2.45) is 5.73 Å². The molecule has 4 N–H and O–H groups in total. The van der Waals surface area contributed by atoms with Gasteiger partial charge in [0.25, 0.3) is 5.91 Å². The third-order valence-corrected chi connectivity index (χ3v) is 5.28. The number of thiophene rings is 1. The molecule has 1 aromatic carbocycles. The van der Waals surface area contributed by atoms with Crippen LogP contribution in [0.25, 0.3) is 21.3 Å². The van der Waals surface area contributed by atoms with Gasteiger partial charge < -0.3 is 16.2 Å². The van der Waals surface area contributed by atoms with E-state index in [4.69, 9.17) is 10.8 Å². The predicted molar refractivity (Wildman–Crippen MR) is 102 cm³/mol. The quantitative estimate of drug-likeness (QED) is 0.619. The summed E-state index contributed by atoms with van der Waals surface area (Å²) in [6.07, 6.45) is 2.64. The highest BCUT2D eigenvalue weighted by Crippen LogP contribution is 2.35. The average Bonchev–Trinajstić information content (AvgIpc) is 3.10. The normalized spacial score (nSPS) is 12.1. The van der Waals surface area contributed by atoms with Gasteiger partial charge in [0.1, 0.15) is 6.04 Å². The first-order chi connectivity index (χ1) is 12.5. The summed E-state index contributed by atoms with van der Waals surface area (Å²) in [4.78, 5) is 27.9. The standard InChI is InChI=1S/C19H19N3O3S/c1-2-11-5-3-4-6-12(11)13-7-8-21-15-9-16(26-17(13)15)18(23)22-10-14(20)19(24)25/h3-9,14H,2,10,20H2,1H3,(H,22,23)(H,24,25)/t14-/m1/s1. The van der Waals surface area contributed by atoms with Gasteiger partial charge in [-0.2, -0.15) is 0 Å². The molecule has 0 saturated carbocycles. The highest BCUT2D eigenvalue weighted by molar-refractivity contribution is 7.21. The molecule has 1 atom stereocenters.